The van der Waals surface area contributed by atoms with Crippen LogP contribution in [-0.4, -0.2) is 58.3 Å². The zero-order valence-electron chi connectivity index (χ0n) is 19.3. The summed E-state index contributed by atoms with van der Waals surface area (Å²) in [6, 6.07) is 12.1. The number of carbonyl (C=O) groups is 2. The van der Waals surface area contributed by atoms with E-state index >= 15 is 0 Å². The number of halogens is 1. The average Bonchev–Trinajstić information content (AvgIpc) is 3.14. The van der Waals surface area contributed by atoms with Gasteiger partial charge in [0.1, 0.15) is 5.65 Å². The van der Waals surface area contributed by atoms with Crippen molar-refractivity contribution in [3.63, 3.8) is 0 Å². The minimum absolute atomic E-state index is 0.0330. The number of nitrogens with zero attached hydrogens (tertiary/aromatic N) is 4. The van der Waals surface area contributed by atoms with Gasteiger partial charge in [0.25, 0.3) is 0 Å². The molecule has 0 aliphatic carbocycles. The normalized spacial score (nSPS) is 14.2. The number of carbonyl (C=O) groups excluding carboxylic acids is 2. The van der Waals surface area contributed by atoms with Crippen LogP contribution in [0.15, 0.2) is 42.6 Å². The second kappa shape index (κ2) is 9.83. The Hall–Kier alpha value is -3.06. The molecule has 2 aromatic heterocycles. The molecule has 3 heterocycles. The summed E-state index contributed by atoms with van der Waals surface area (Å²) in [6.45, 7) is 8.61. The monoisotopic (exact) mass is 467 g/mol. The molecular weight excluding hydrogens is 438 g/mol. The Labute approximate surface area is 199 Å². The van der Waals surface area contributed by atoms with E-state index in [1.54, 1.807) is 0 Å². The number of amides is 2. The van der Waals surface area contributed by atoms with Crippen LogP contribution < -0.4 is 10.2 Å². The molecular formula is C25H30ClN5O2. The van der Waals surface area contributed by atoms with Crippen molar-refractivity contribution in [1.29, 1.82) is 0 Å². The molecule has 1 aromatic carbocycles. The number of aromatic nitrogens is 2. The molecule has 0 bridgehead atoms. The van der Waals surface area contributed by atoms with Crippen LogP contribution in [0.2, 0.25) is 5.02 Å². The second-order valence-corrected chi connectivity index (χ2v) is 9.14. The fourth-order valence-electron chi connectivity index (χ4n) is 4.25. The Morgan fingerprint density at radius 2 is 1.85 bits per heavy atom. The second-order valence-electron chi connectivity index (χ2n) is 8.73. The number of nitrogens with one attached hydrogen (secondary N) is 1. The lowest BCUT2D eigenvalue weighted by Gasteiger charge is -2.36. The van der Waals surface area contributed by atoms with Gasteiger partial charge in [-0.15, -0.1) is 0 Å². The Morgan fingerprint density at radius 3 is 2.55 bits per heavy atom. The Morgan fingerprint density at radius 1 is 1.09 bits per heavy atom. The molecule has 33 heavy (non-hydrogen) atoms. The first-order valence-corrected chi connectivity index (χ1v) is 11.8. The van der Waals surface area contributed by atoms with Crippen molar-refractivity contribution < 1.29 is 9.59 Å². The SMILES string of the molecule is Cc1c(-c2cc(N3CCN(C(=O)CCC(=O)NC(C)C)CC3)ccc2Cl)nc2ccccn12. The number of hydrogen-bond donors (Lipinski definition) is 1. The van der Waals surface area contributed by atoms with Crippen LogP contribution in [0, 0.1) is 6.92 Å². The lowest BCUT2D eigenvalue weighted by atomic mass is 10.1. The average molecular weight is 468 g/mol. The Balaban J connectivity index is 1.42. The molecule has 4 rings (SSSR count). The minimum atomic E-state index is -0.0760. The van der Waals surface area contributed by atoms with Crippen LogP contribution in [0.4, 0.5) is 5.69 Å². The Bertz CT molecular complexity index is 1160. The van der Waals surface area contributed by atoms with Crippen molar-refractivity contribution >= 4 is 34.7 Å². The molecule has 1 saturated heterocycles. The third kappa shape index (κ3) is 5.14. The van der Waals surface area contributed by atoms with E-state index in [2.05, 4.69) is 20.7 Å². The number of pyridine rings is 1. The molecule has 1 N–H and O–H groups in total. The lowest BCUT2D eigenvalue weighted by Crippen LogP contribution is -2.49. The van der Waals surface area contributed by atoms with Crippen molar-refractivity contribution in [3.05, 3.63) is 53.3 Å². The minimum Gasteiger partial charge on any atom is -0.368 e. The number of imidazole rings is 1. The standard InChI is InChI=1S/C25H30ClN5O2/c1-17(2)27-23(32)9-10-24(33)30-14-12-29(13-15-30)19-7-8-21(26)20(16-19)25-18(3)31-11-5-4-6-22(31)28-25/h4-8,11,16-17H,9-10,12-15H2,1-3H3,(H,27,32). The van der Waals surface area contributed by atoms with Gasteiger partial charge in [0.2, 0.25) is 11.8 Å². The summed E-state index contributed by atoms with van der Waals surface area (Å²) in [6.07, 6.45) is 2.48. The molecule has 1 aliphatic rings. The van der Waals surface area contributed by atoms with Crippen molar-refractivity contribution in [2.75, 3.05) is 31.1 Å². The van der Waals surface area contributed by atoms with Gasteiger partial charge in [0.15, 0.2) is 0 Å². The highest BCUT2D eigenvalue weighted by molar-refractivity contribution is 6.33. The molecule has 2 amide bonds. The maximum Gasteiger partial charge on any atom is 0.223 e. The van der Waals surface area contributed by atoms with Crippen molar-refractivity contribution in [2.45, 2.75) is 39.7 Å². The first-order valence-electron chi connectivity index (χ1n) is 11.4. The van der Waals surface area contributed by atoms with Gasteiger partial charge in [-0.1, -0.05) is 17.7 Å². The van der Waals surface area contributed by atoms with E-state index < -0.39 is 0 Å². The lowest BCUT2D eigenvalue weighted by molar-refractivity contribution is -0.134. The molecule has 0 spiro atoms. The zero-order chi connectivity index (χ0) is 23.5. The number of piperazine rings is 1. The maximum atomic E-state index is 12.5. The molecule has 0 saturated carbocycles. The number of aryl methyl sites for hydroxylation is 1. The van der Waals surface area contributed by atoms with Crippen molar-refractivity contribution in [3.8, 4) is 11.3 Å². The largest absolute Gasteiger partial charge is 0.368 e. The zero-order valence-corrected chi connectivity index (χ0v) is 20.1. The van der Waals surface area contributed by atoms with E-state index in [1.807, 2.05) is 62.2 Å². The van der Waals surface area contributed by atoms with Crippen LogP contribution >= 0.6 is 11.6 Å². The van der Waals surface area contributed by atoms with Gasteiger partial charge in [-0.2, -0.15) is 0 Å². The van der Waals surface area contributed by atoms with E-state index in [-0.39, 0.29) is 30.7 Å². The van der Waals surface area contributed by atoms with E-state index in [4.69, 9.17) is 16.6 Å². The van der Waals surface area contributed by atoms with Crippen LogP contribution in [0.3, 0.4) is 0 Å². The molecule has 8 heteroatoms. The fraction of sp³-hybridized carbons (Fsp3) is 0.400. The summed E-state index contributed by atoms with van der Waals surface area (Å²) in [5, 5.41) is 3.50. The number of anilines is 1. The Kier molecular flexibility index (Phi) is 6.88. The maximum absolute atomic E-state index is 12.5. The van der Waals surface area contributed by atoms with Crippen LogP contribution in [-0.2, 0) is 9.59 Å². The van der Waals surface area contributed by atoms with Gasteiger partial charge in [0.05, 0.1) is 10.7 Å². The fourth-order valence-corrected chi connectivity index (χ4v) is 4.46. The highest BCUT2D eigenvalue weighted by Gasteiger charge is 2.23. The molecule has 7 nitrogen and oxygen atoms in total. The number of benzene rings is 1. The smallest absolute Gasteiger partial charge is 0.223 e. The van der Waals surface area contributed by atoms with Crippen molar-refractivity contribution in [1.82, 2.24) is 19.6 Å². The summed E-state index contributed by atoms with van der Waals surface area (Å²) in [5.74, 6) is -0.0430. The number of hydrogen-bond acceptors (Lipinski definition) is 4. The van der Waals surface area contributed by atoms with Crippen LogP contribution in [0.25, 0.3) is 16.9 Å². The molecule has 174 valence electrons. The van der Waals surface area contributed by atoms with Gasteiger partial charge in [0, 0.05) is 68.2 Å². The third-order valence-corrected chi connectivity index (χ3v) is 6.32. The third-order valence-electron chi connectivity index (χ3n) is 5.99. The summed E-state index contributed by atoms with van der Waals surface area (Å²) < 4.78 is 2.06. The van der Waals surface area contributed by atoms with Gasteiger partial charge in [-0.3, -0.25) is 9.59 Å². The van der Waals surface area contributed by atoms with E-state index in [1.165, 1.54) is 0 Å². The molecule has 0 atom stereocenters. The van der Waals surface area contributed by atoms with Crippen LogP contribution in [0.5, 0.6) is 0 Å². The van der Waals surface area contributed by atoms with Gasteiger partial charge < -0.3 is 19.5 Å². The molecule has 1 fully saturated rings. The van der Waals surface area contributed by atoms with Crippen LogP contribution in [0.1, 0.15) is 32.4 Å². The van der Waals surface area contributed by atoms with Gasteiger partial charge in [-0.25, -0.2) is 4.98 Å². The summed E-state index contributed by atoms with van der Waals surface area (Å²) in [5.41, 5.74) is 4.78. The highest BCUT2D eigenvalue weighted by atomic mass is 35.5. The topological polar surface area (TPSA) is 70.0 Å². The molecule has 1 aliphatic heterocycles. The van der Waals surface area contributed by atoms with Crippen molar-refractivity contribution in [2.24, 2.45) is 0 Å². The first-order chi connectivity index (χ1) is 15.8. The summed E-state index contributed by atoms with van der Waals surface area (Å²) in [4.78, 5) is 33.3. The summed E-state index contributed by atoms with van der Waals surface area (Å²) >= 11 is 6.57. The summed E-state index contributed by atoms with van der Waals surface area (Å²) in [7, 11) is 0. The quantitative estimate of drug-likeness (QED) is 0.596. The van der Waals surface area contributed by atoms with E-state index in [0.717, 1.165) is 41.4 Å². The molecule has 0 unspecified atom stereocenters. The van der Waals surface area contributed by atoms with E-state index in [0.29, 0.717) is 18.1 Å². The first kappa shape index (κ1) is 23.1. The van der Waals surface area contributed by atoms with Gasteiger partial charge in [-0.05, 0) is 51.1 Å². The molecule has 0 radical (unpaired) electrons. The molecule has 3 aromatic rings. The number of rotatable bonds is 6. The predicted molar refractivity (Wildman–Crippen MR) is 132 cm³/mol. The van der Waals surface area contributed by atoms with Gasteiger partial charge >= 0.3 is 0 Å². The number of fused-ring (bicyclic) bond motifs is 1. The predicted octanol–water partition coefficient (Wildman–Crippen LogP) is 3.92. The highest BCUT2D eigenvalue weighted by Crippen LogP contribution is 2.34. The van der Waals surface area contributed by atoms with E-state index in [9.17, 15) is 9.59 Å².